The number of benzene rings is 2. The number of aryl methyl sites for hydroxylation is 1. The molecule has 3 atom stereocenters. The van der Waals surface area contributed by atoms with E-state index in [1.54, 1.807) is 29.2 Å². The molecule has 2 aromatic rings. The van der Waals surface area contributed by atoms with Crippen LogP contribution in [0.4, 0.5) is 11.4 Å². The van der Waals surface area contributed by atoms with Crippen LogP contribution in [-0.2, 0) is 25.6 Å². The Morgan fingerprint density at radius 2 is 1.68 bits per heavy atom. The molecule has 2 saturated heterocycles. The standard InChI is InChI=1S/C27H28N2O5/c1-2-17-8-3-6-13-23(17)28-16-18(14-24(28)30)27(33)34-20-10-7-9-19(15-20)29-25(31)21-11-4-5-12-22(21)26(29)32/h3,6-10,13,15,18,21-22H,2,4-5,11-12,14,16H2,1H3/t18-,21-,22+/m0/s1. The number of esters is 1. The van der Waals surface area contributed by atoms with Crippen molar-refractivity contribution in [1.82, 2.24) is 0 Å². The molecule has 5 rings (SSSR count). The monoisotopic (exact) mass is 460 g/mol. The number of hydrogen-bond donors (Lipinski definition) is 0. The van der Waals surface area contributed by atoms with Gasteiger partial charge in [0.15, 0.2) is 0 Å². The lowest BCUT2D eigenvalue weighted by molar-refractivity contribution is -0.139. The Bertz CT molecular complexity index is 1140. The lowest BCUT2D eigenvalue weighted by Crippen LogP contribution is -2.31. The molecule has 3 amide bonds. The Morgan fingerprint density at radius 3 is 2.38 bits per heavy atom. The molecular weight excluding hydrogens is 432 g/mol. The number of anilines is 2. The number of fused-ring (bicyclic) bond motifs is 1. The number of rotatable bonds is 5. The second kappa shape index (κ2) is 9.05. The van der Waals surface area contributed by atoms with E-state index < -0.39 is 11.9 Å². The van der Waals surface area contributed by atoms with E-state index in [1.807, 2.05) is 31.2 Å². The fourth-order valence-electron chi connectivity index (χ4n) is 5.47. The molecule has 1 aliphatic carbocycles. The summed E-state index contributed by atoms with van der Waals surface area (Å²) in [7, 11) is 0. The normalized spacial score (nSPS) is 24.5. The first-order chi connectivity index (χ1) is 16.5. The third-order valence-electron chi connectivity index (χ3n) is 7.26. The Labute approximate surface area is 198 Å². The summed E-state index contributed by atoms with van der Waals surface area (Å²) in [5.74, 6) is -1.73. The van der Waals surface area contributed by atoms with Gasteiger partial charge in [0.1, 0.15) is 5.75 Å². The largest absolute Gasteiger partial charge is 0.426 e. The van der Waals surface area contributed by atoms with Crippen LogP contribution < -0.4 is 14.5 Å². The molecule has 0 spiro atoms. The predicted molar refractivity (Wildman–Crippen MR) is 126 cm³/mol. The van der Waals surface area contributed by atoms with Crippen LogP contribution in [0.3, 0.4) is 0 Å². The van der Waals surface area contributed by atoms with E-state index in [0.29, 0.717) is 5.69 Å². The van der Waals surface area contributed by atoms with Crippen LogP contribution in [0.5, 0.6) is 5.75 Å². The van der Waals surface area contributed by atoms with Gasteiger partial charge in [0.25, 0.3) is 0 Å². The van der Waals surface area contributed by atoms with Gasteiger partial charge in [-0.25, -0.2) is 4.90 Å². The van der Waals surface area contributed by atoms with Gasteiger partial charge in [-0.15, -0.1) is 0 Å². The summed E-state index contributed by atoms with van der Waals surface area (Å²) < 4.78 is 5.61. The first kappa shape index (κ1) is 22.3. The van der Waals surface area contributed by atoms with Gasteiger partial charge < -0.3 is 9.64 Å². The Kier molecular flexibility index (Phi) is 5.94. The molecule has 3 fully saturated rings. The number of carbonyl (C=O) groups excluding carboxylic acids is 4. The second-order valence-electron chi connectivity index (χ2n) is 9.32. The number of carbonyl (C=O) groups is 4. The van der Waals surface area contributed by atoms with Gasteiger partial charge in [0.05, 0.1) is 23.4 Å². The summed E-state index contributed by atoms with van der Waals surface area (Å²) in [6.07, 6.45) is 4.29. The van der Waals surface area contributed by atoms with E-state index >= 15 is 0 Å². The van der Waals surface area contributed by atoms with Crippen molar-refractivity contribution in [2.75, 3.05) is 16.3 Å². The van der Waals surface area contributed by atoms with Crippen LogP contribution in [0.2, 0.25) is 0 Å². The molecule has 7 nitrogen and oxygen atoms in total. The topological polar surface area (TPSA) is 84.0 Å². The number of imide groups is 1. The highest BCUT2D eigenvalue weighted by atomic mass is 16.5. The maximum atomic E-state index is 12.9. The van der Waals surface area contributed by atoms with Crippen LogP contribution in [0.1, 0.15) is 44.6 Å². The maximum absolute atomic E-state index is 12.9. The van der Waals surface area contributed by atoms with Gasteiger partial charge in [-0.3, -0.25) is 19.2 Å². The van der Waals surface area contributed by atoms with Crippen molar-refractivity contribution in [2.45, 2.75) is 45.4 Å². The SMILES string of the molecule is CCc1ccccc1N1C[C@@H](C(=O)Oc2cccc(N3C(=O)[C@H]4CCCC[C@H]4C3=O)c2)CC1=O. The summed E-state index contributed by atoms with van der Waals surface area (Å²) >= 11 is 0. The Hall–Kier alpha value is -3.48. The Balaban J connectivity index is 1.30. The molecule has 3 aliphatic rings. The molecule has 34 heavy (non-hydrogen) atoms. The molecule has 0 N–H and O–H groups in total. The second-order valence-corrected chi connectivity index (χ2v) is 9.32. The van der Waals surface area contributed by atoms with Crippen molar-refractivity contribution >= 4 is 35.1 Å². The van der Waals surface area contributed by atoms with Gasteiger partial charge in [0, 0.05) is 24.7 Å². The summed E-state index contributed by atoms with van der Waals surface area (Å²) in [5, 5.41) is 0. The highest BCUT2D eigenvalue weighted by Crippen LogP contribution is 2.40. The smallest absolute Gasteiger partial charge is 0.316 e. The third-order valence-corrected chi connectivity index (χ3v) is 7.26. The molecule has 1 saturated carbocycles. The van der Waals surface area contributed by atoms with E-state index in [1.165, 1.54) is 4.90 Å². The average Bonchev–Trinajstić information content (AvgIpc) is 3.36. The number of nitrogens with zero attached hydrogens (tertiary/aromatic N) is 2. The summed E-state index contributed by atoms with van der Waals surface area (Å²) in [4.78, 5) is 54.3. The fourth-order valence-corrected chi connectivity index (χ4v) is 5.47. The van der Waals surface area contributed by atoms with Crippen molar-refractivity contribution in [2.24, 2.45) is 17.8 Å². The van der Waals surface area contributed by atoms with Crippen molar-refractivity contribution < 1.29 is 23.9 Å². The average molecular weight is 461 g/mol. The third kappa shape index (κ3) is 3.89. The first-order valence-corrected chi connectivity index (χ1v) is 12.1. The van der Waals surface area contributed by atoms with Crippen LogP contribution in [0.15, 0.2) is 48.5 Å². The van der Waals surface area contributed by atoms with Crippen molar-refractivity contribution in [3.8, 4) is 5.75 Å². The quantitative estimate of drug-likeness (QED) is 0.384. The molecule has 2 aliphatic heterocycles. The van der Waals surface area contributed by atoms with Crippen molar-refractivity contribution in [3.63, 3.8) is 0 Å². The minimum atomic E-state index is -0.584. The molecular formula is C27H28N2O5. The zero-order chi connectivity index (χ0) is 23.8. The molecule has 0 radical (unpaired) electrons. The number of ether oxygens (including phenoxy) is 1. The molecule has 2 heterocycles. The zero-order valence-electron chi connectivity index (χ0n) is 19.2. The van der Waals surface area contributed by atoms with Gasteiger partial charge >= 0.3 is 5.97 Å². The van der Waals surface area contributed by atoms with E-state index in [0.717, 1.165) is 43.4 Å². The molecule has 0 unspecified atom stereocenters. The number of amides is 3. The lowest BCUT2D eigenvalue weighted by Gasteiger charge is -2.20. The predicted octanol–water partition coefficient (Wildman–Crippen LogP) is 3.89. The fraction of sp³-hybridized carbons (Fsp3) is 0.407. The minimum absolute atomic E-state index is 0.0863. The highest BCUT2D eigenvalue weighted by molar-refractivity contribution is 6.22. The molecule has 2 aromatic carbocycles. The van der Waals surface area contributed by atoms with Crippen molar-refractivity contribution in [1.29, 1.82) is 0 Å². The van der Waals surface area contributed by atoms with Crippen LogP contribution >= 0.6 is 0 Å². The van der Waals surface area contributed by atoms with Crippen LogP contribution in [0, 0.1) is 17.8 Å². The van der Waals surface area contributed by atoms with E-state index in [9.17, 15) is 19.2 Å². The summed E-state index contributed by atoms with van der Waals surface area (Å²) in [5.41, 5.74) is 2.31. The molecule has 7 heteroatoms. The lowest BCUT2D eigenvalue weighted by atomic mass is 9.81. The van der Waals surface area contributed by atoms with E-state index in [-0.39, 0.29) is 48.3 Å². The Morgan fingerprint density at radius 1 is 0.971 bits per heavy atom. The zero-order valence-corrected chi connectivity index (χ0v) is 19.2. The molecule has 0 aromatic heterocycles. The van der Waals surface area contributed by atoms with Crippen LogP contribution in [0.25, 0.3) is 0 Å². The minimum Gasteiger partial charge on any atom is -0.426 e. The van der Waals surface area contributed by atoms with Gasteiger partial charge in [-0.2, -0.15) is 0 Å². The number of hydrogen-bond acceptors (Lipinski definition) is 5. The summed E-state index contributed by atoms with van der Waals surface area (Å²) in [6.45, 7) is 2.30. The van der Waals surface area contributed by atoms with Gasteiger partial charge in [0.2, 0.25) is 17.7 Å². The van der Waals surface area contributed by atoms with Crippen LogP contribution in [-0.4, -0.2) is 30.2 Å². The first-order valence-electron chi connectivity index (χ1n) is 12.1. The number of para-hydroxylation sites is 1. The van der Waals surface area contributed by atoms with Crippen molar-refractivity contribution in [3.05, 3.63) is 54.1 Å². The van der Waals surface area contributed by atoms with Gasteiger partial charge in [-0.05, 0) is 43.0 Å². The molecule has 0 bridgehead atoms. The maximum Gasteiger partial charge on any atom is 0.316 e. The molecule has 176 valence electrons. The summed E-state index contributed by atoms with van der Waals surface area (Å²) in [6, 6.07) is 14.2. The van der Waals surface area contributed by atoms with E-state index in [2.05, 4.69) is 0 Å². The van der Waals surface area contributed by atoms with E-state index in [4.69, 9.17) is 4.74 Å². The highest BCUT2D eigenvalue weighted by Gasteiger charge is 2.48. The van der Waals surface area contributed by atoms with Gasteiger partial charge in [-0.1, -0.05) is 44.0 Å².